The van der Waals surface area contributed by atoms with Gasteiger partial charge in [-0.25, -0.2) is 13.4 Å². The number of rotatable bonds is 3. The zero-order valence-corrected chi connectivity index (χ0v) is 16.8. The summed E-state index contributed by atoms with van der Waals surface area (Å²) in [5, 5.41) is 2.00. The van der Waals surface area contributed by atoms with E-state index in [1.807, 2.05) is 22.4 Å². The van der Waals surface area contributed by atoms with Crippen LogP contribution in [0.3, 0.4) is 0 Å². The van der Waals surface area contributed by atoms with Gasteiger partial charge < -0.3 is 9.80 Å². The molecule has 1 aliphatic rings. The number of carbonyl (C=O) groups is 1. The number of sulfone groups is 1. The first-order valence-electron chi connectivity index (χ1n) is 8.48. The zero-order valence-electron chi connectivity index (χ0n) is 15.2. The number of amides is 1. The predicted molar refractivity (Wildman–Crippen MR) is 104 cm³/mol. The van der Waals surface area contributed by atoms with Crippen LogP contribution in [0.2, 0.25) is 0 Å². The first-order chi connectivity index (χ1) is 12.2. The van der Waals surface area contributed by atoms with Gasteiger partial charge in [0.15, 0.2) is 14.9 Å². The maximum Gasteiger partial charge on any atom is 0.264 e. The van der Waals surface area contributed by atoms with Crippen LogP contribution in [-0.2, 0) is 9.84 Å². The second kappa shape index (κ2) is 7.00. The van der Waals surface area contributed by atoms with Gasteiger partial charge in [0, 0.05) is 26.2 Å². The lowest BCUT2D eigenvalue weighted by Gasteiger charge is -2.35. The Labute approximate surface area is 158 Å². The second-order valence-corrected chi connectivity index (χ2v) is 10.8. The van der Waals surface area contributed by atoms with Crippen molar-refractivity contribution < 1.29 is 13.2 Å². The third kappa shape index (κ3) is 3.61. The molecule has 0 N–H and O–H groups in total. The zero-order chi connectivity index (χ0) is 18.9. The van der Waals surface area contributed by atoms with Crippen molar-refractivity contribution in [3.05, 3.63) is 40.7 Å². The minimum absolute atomic E-state index is 0.0735. The van der Waals surface area contributed by atoms with Crippen LogP contribution in [0.25, 0.3) is 0 Å². The average molecular weight is 394 g/mol. The standard InChI is InChI=1S/C18H23N3O3S2/c1-18(2,3)26(23,24)16-7-6-14(13-19-16)20-8-10-21(11-9-20)17(22)15-5-4-12-25-15/h4-7,12-13H,8-11H2,1-3H3. The Morgan fingerprint density at radius 1 is 1.12 bits per heavy atom. The van der Waals surface area contributed by atoms with Gasteiger partial charge in [-0.1, -0.05) is 6.07 Å². The molecule has 3 rings (SSSR count). The summed E-state index contributed by atoms with van der Waals surface area (Å²) < 4.78 is 24.0. The van der Waals surface area contributed by atoms with Gasteiger partial charge >= 0.3 is 0 Å². The van der Waals surface area contributed by atoms with E-state index in [1.165, 1.54) is 11.3 Å². The van der Waals surface area contributed by atoms with Gasteiger partial charge in [0.1, 0.15) is 0 Å². The summed E-state index contributed by atoms with van der Waals surface area (Å²) in [6.45, 7) is 7.68. The van der Waals surface area contributed by atoms with Crippen molar-refractivity contribution in [2.24, 2.45) is 0 Å². The summed E-state index contributed by atoms with van der Waals surface area (Å²) in [6, 6.07) is 7.09. The maximum absolute atomic E-state index is 12.5. The van der Waals surface area contributed by atoms with Gasteiger partial charge in [0.25, 0.3) is 5.91 Å². The Morgan fingerprint density at radius 3 is 2.31 bits per heavy atom. The molecule has 140 valence electrons. The molecule has 0 bridgehead atoms. The van der Waals surface area contributed by atoms with Gasteiger partial charge in [0.2, 0.25) is 0 Å². The number of carbonyl (C=O) groups excluding carboxylic acids is 1. The minimum Gasteiger partial charge on any atom is -0.367 e. The number of aromatic nitrogens is 1. The number of hydrogen-bond donors (Lipinski definition) is 0. The van der Waals surface area contributed by atoms with E-state index in [4.69, 9.17) is 0 Å². The van der Waals surface area contributed by atoms with E-state index < -0.39 is 14.6 Å². The van der Waals surface area contributed by atoms with Crippen molar-refractivity contribution in [2.45, 2.75) is 30.5 Å². The fourth-order valence-electron chi connectivity index (χ4n) is 2.76. The molecular weight excluding hydrogens is 370 g/mol. The van der Waals surface area contributed by atoms with Gasteiger partial charge in [-0.15, -0.1) is 11.3 Å². The van der Waals surface area contributed by atoms with Crippen LogP contribution in [0.15, 0.2) is 40.9 Å². The molecule has 2 aromatic rings. The van der Waals surface area contributed by atoms with E-state index in [2.05, 4.69) is 9.88 Å². The van der Waals surface area contributed by atoms with Crippen LogP contribution in [0.5, 0.6) is 0 Å². The molecular formula is C18H23N3O3S2. The molecule has 1 fully saturated rings. The number of anilines is 1. The molecule has 0 aromatic carbocycles. The fourth-order valence-corrected chi connectivity index (χ4v) is 4.51. The molecule has 1 saturated heterocycles. The maximum atomic E-state index is 12.5. The molecule has 0 saturated carbocycles. The third-order valence-corrected chi connectivity index (χ3v) is 7.73. The highest BCUT2D eigenvalue weighted by Crippen LogP contribution is 2.25. The van der Waals surface area contributed by atoms with E-state index in [-0.39, 0.29) is 10.9 Å². The van der Waals surface area contributed by atoms with E-state index in [9.17, 15) is 13.2 Å². The number of piperazine rings is 1. The first-order valence-corrected chi connectivity index (χ1v) is 10.8. The summed E-state index contributed by atoms with van der Waals surface area (Å²) in [5.41, 5.74) is 0.876. The Balaban J connectivity index is 1.66. The second-order valence-electron chi connectivity index (χ2n) is 7.23. The molecule has 0 radical (unpaired) electrons. The van der Waals surface area contributed by atoms with Crippen molar-refractivity contribution in [3.63, 3.8) is 0 Å². The molecule has 6 nitrogen and oxygen atoms in total. The predicted octanol–water partition coefficient (Wildman–Crippen LogP) is 2.68. The Hall–Kier alpha value is -1.93. The SMILES string of the molecule is CC(C)(C)S(=O)(=O)c1ccc(N2CCN(C(=O)c3cccs3)CC2)cn1. The monoisotopic (exact) mass is 393 g/mol. The molecule has 8 heteroatoms. The Kier molecular flexibility index (Phi) is 5.07. The quantitative estimate of drug-likeness (QED) is 0.802. The van der Waals surface area contributed by atoms with Crippen molar-refractivity contribution in [1.29, 1.82) is 0 Å². The van der Waals surface area contributed by atoms with E-state index in [0.29, 0.717) is 26.2 Å². The normalized spacial score (nSPS) is 16.0. The van der Waals surface area contributed by atoms with E-state index in [1.54, 1.807) is 39.1 Å². The van der Waals surface area contributed by atoms with Crippen LogP contribution in [0, 0.1) is 0 Å². The van der Waals surface area contributed by atoms with Crippen molar-refractivity contribution >= 4 is 32.8 Å². The number of pyridine rings is 1. The van der Waals surface area contributed by atoms with Gasteiger partial charge in [-0.3, -0.25) is 4.79 Å². The van der Waals surface area contributed by atoms with Crippen molar-refractivity contribution in [2.75, 3.05) is 31.1 Å². The highest BCUT2D eigenvalue weighted by atomic mass is 32.2. The van der Waals surface area contributed by atoms with Gasteiger partial charge in [-0.05, 0) is 44.4 Å². The summed E-state index contributed by atoms with van der Waals surface area (Å²) in [7, 11) is -3.45. The summed E-state index contributed by atoms with van der Waals surface area (Å²) in [6.07, 6.45) is 1.61. The molecule has 26 heavy (non-hydrogen) atoms. The molecule has 0 aliphatic carbocycles. The Bertz CT molecular complexity index is 861. The van der Waals surface area contributed by atoms with Gasteiger partial charge in [-0.2, -0.15) is 0 Å². The minimum atomic E-state index is -3.45. The highest BCUT2D eigenvalue weighted by molar-refractivity contribution is 7.92. The van der Waals surface area contributed by atoms with E-state index >= 15 is 0 Å². The fraction of sp³-hybridized carbons (Fsp3) is 0.444. The highest BCUT2D eigenvalue weighted by Gasteiger charge is 2.32. The summed E-state index contributed by atoms with van der Waals surface area (Å²) in [5.74, 6) is 0.0735. The van der Waals surface area contributed by atoms with Crippen LogP contribution in [-0.4, -0.2) is 55.1 Å². The van der Waals surface area contributed by atoms with Crippen LogP contribution in [0.1, 0.15) is 30.4 Å². The average Bonchev–Trinajstić information content (AvgIpc) is 3.15. The molecule has 1 aliphatic heterocycles. The van der Waals surface area contributed by atoms with Crippen LogP contribution in [0.4, 0.5) is 5.69 Å². The molecule has 2 aromatic heterocycles. The Morgan fingerprint density at radius 2 is 1.81 bits per heavy atom. The summed E-state index contributed by atoms with van der Waals surface area (Å²) >= 11 is 1.46. The number of nitrogens with zero attached hydrogens (tertiary/aromatic N) is 3. The lowest BCUT2D eigenvalue weighted by atomic mass is 10.2. The summed E-state index contributed by atoms with van der Waals surface area (Å²) in [4.78, 5) is 21.3. The van der Waals surface area contributed by atoms with Gasteiger partial charge in [0.05, 0.1) is 21.5 Å². The lowest BCUT2D eigenvalue weighted by molar-refractivity contribution is 0.0751. The first kappa shape index (κ1) is 18.8. The molecule has 0 unspecified atom stereocenters. The molecule has 3 heterocycles. The number of thiophene rings is 1. The van der Waals surface area contributed by atoms with E-state index in [0.717, 1.165) is 10.6 Å². The molecule has 0 spiro atoms. The van der Waals surface area contributed by atoms with Crippen LogP contribution < -0.4 is 4.90 Å². The smallest absolute Gasteiger partial charge is 0.264 e. The molecule has 1 amide bonds. The topological polar surface area (TPSA) is 70.6 Å². The van der Waals surface area contributed by atoms with Crippen LogP contribution >= 0.6 is 11.3 Å². The molecule has 0 atom stereocenters. The third-order valence-electron chi connectivity index (χ3n) is 4.47. The van der Waals surface area contributed by atoms with Crippen molar-refractivity contribution in [1.82, 2.24) is 9.88 Å². The largest absolute Gasteiger partial charge is 0.367 e. The van der Waals surface area contributed by atoms with Crippen molar-refractivity contribution in [3.8, 4) is 0 Å². The lowest BCUT2D eigenvalue weighted by Crippen LogP contribution is -2.48. The number of hydrogen-bond acceptors (Lipinski definition) is 6.